The lowest BCUT2D eigenvalue weighted by Gasteiger charge is -2.22. The van der Waals surface area contributed by atoms with E-state index in [1.54, 1.807) is 18.3 Å². The zero-order valence-corrected chi connectivity index (χ0v) is 20.4. The van der Waals surface area contributed by atoms with E-state index in [2.05, 4.69) is 29.0 Å². The Labute approximate surface area is 208 Å². The summed E-state index contributed by atoms with van der Waals surface area (Å²) < 4.78 is 1.94. The quantitative estimate of drug-likeness (QED) is 0.325. The van der Waals surface area contributed by atoms with Crippen LogP contribution < -0.4 is 5.32 Å². The number of nitrogens with zero attached hydrogens (tertiary/aromatic N) is 2. The summed E-state index contributed by atoms with van der Waals surface area (Å²) in [5.41, 5.74) is 3.64. The third kappa shape index (κ3) is 4.16. The lowest BCUT2D eigenvalue weighted by molar-refractivity contribution is -0.122. The van der Waals surface area contributed by atoms with Crippen molar-refractivity contribution in [1.82, 2.24) is 19.8 Å². The van der Waals surface area contributed by atoms with Gasteiger partial charge in [0.05, 0.1) is 17.3 Å². The Morgan fingerprint density at radius 2 is 1.71 bits per heavy atom. The minimum Gasteiger partial charge on any atom is -0.390 e. The molecule has 3 N–H and O–H groups in total. The van der Waals surface area contributed by atoms with Crippen LogP contribution in [0.1, 0.15) is 25.0 Å². The number of para-hydroxylation sites is 1. The van der Waals surface area contributed by atoms with Gasteiger partial charge >= 0.3 is 0 Å². The monoisotopic (exact) mass is 490 g/mol. The second-order valence-corrected chi connectivity index (χ2v) is 9.21. The second kappa shape index (κ2) is 9.34. The molecule has 0 spiro atoms. The molecular weight excluding hydrogens is 464 g/mol. The molecule has 1 aliphatic rings. The number of rotatable bonds is 8. The van der Waals surface area contributed by atoms with Gasteiger partial charge in [0.25, 0.3) is 11.8 Å². The number of aromatic amines is 1. The van der Waals surface area contributed by atoms with Crippen molar-refractivity contribution in [2.45, 2.75) is 26.5 Å². The average molecular weight is 491 g/mol. The zero-order chi connectivity index (χ0) is 24.7. The van der Waals surface area contributed by atoms with E-state index in [9.17, 15) is 14.7 Å². The van der Waals surface area contributed by atoms with Crippen LogP contribution in [0, 0.1) is 0 Å². The Morgan fingerprint density at radius 3 is 2.46 bits per heavy atom. The number of hydrogen-bond acceptors (Lipinski definition) is 4. The average Bonchev–Trinajstić information content (AvgIpc) is 3.50. The van der Waals surface area contributed by atoms with E-state index in [1.807, 2.05) is 41.1 Å². The van der Waals surface area contributed by atoms with Gasteiger partial charge in [-0.25, -0.2) is 0 Å². The van der Waals surface area contributed by atoms with Gasteiger partial charge in [0, 0.05) is 63.4 Å². The van der Waals surface area contributed by atoms with E-state index in [0.29, 0.717) is 40.4 Å². The molecule has 7 nitrogen and oxygen atoms in total. The molecule has 4 aromatic rings. The zero-order valence-electron chi connectivity index (χ0n) is 19.6. The van der Waals surface area contributed by atoms with Gasteiger partial charge in [-0.15, -0.1) is 0 Å². The van der Waals surface area contributed by atoms with Crippen LogP contribution in [0.15, 0.2) is 54.9 Å². The van der Waals surface area contributed by atoms with E-state index >= 15 is 0 Å². The summed E-state index contributed by atoms with van der Waals surface area (Å²) in [6.45, 7) is 6.72. The number of benzene rings is 2. The number of nitrogens with one attached hydrogen (secondary N) is 2. The number of halogens is 1. The normalized spacial score (nSPS) is 15.1. The highest BCUT2D eigenvalue weighted by Gasteiger charge is 2.35. The van der Waals surface area contributed by atoms with Gasteiger partial charge in [0.2, 0.25) is 0 Å². The predicted octanol–water partition coefficient (Wildman–Crippen LogP) is 4.05. The number of H-pyrrole nitrogens is 1. The molecule has 2 aromatic heterocycles. The smallest absolute Gasteiger partial charge is 0.259 e. The van der Waals surface area contributed by atoms with Crippen molar-refractivity contribution in [1.29, 1.82) is 0 Å². The number of aromatic nitrogens is 2. The maximum Gasteiger partial charge on any atom is 0.259 e. The van der Waals surface area contributed by atoms with Crippen molar-refractivity contribution >= 4 is 56.4 Å². The minimum absolute atomic E-state index is 0.309. The van der Waals surface area contributed by atoms with Gasteiger partial charge in [-0.05, 0) is 37.4 Å². The predicted molar refractivity (Wildman–Crippen MR) is 139 cm³/mol. The third-order valence-electron chi connectivity index (χ3n) is 6.67. The summed E-state index contributed by atoms with van der Waals surface area (Å²) in [4.78, 5) is 31.5. The first-order chi connectivity index (χ1) is 16.9. The molecule has 180 valence electrons. The van der Waals surface area contributed by atoms with Crippen LogP contribution in [0.5, 0.6) is 0 Å². The first kappa shape index (κ1) is 23.4. The Morgan fingerprint density at radius 1 is 1.00 bits per heavy atom. The molecule has 0 bridgehead atoms. The molecule has 0 saturated heterocycles. The highest BCUT2D eigenvalue weighted by molar-refractivity contribution is 6.50. The number of aliphatic hydroxyl groups excluding tert-OH is 1. The van der Waals surface area contributed by atoms with Crippen molar-refractivity contribution in [2.24, 2.45) is 0 Å². The van der Waals surface area contributed by atoms with Crippen molar-refractivity contribution in [2.75, 3.05) is 19.6 Å². The topological polar surface area (TPSA) is 90.4 Å². The SMILES string of the molecule is CCN(CC)CC(O)Cn1cc(C2=C(c3c[nH]c4ccccc34)C(=O)NC2=O)c2cc(Cl)ccc21. The number of amides is 2. The second-order valence-electron chi connectivity index (χ2n) is 8.78. The molecule has 0 fully saturated rings. The van der Waals surface area contributed by atoms with Gasteiger partial charge in [-0.3, -0.25) is 14.9 Å². The third-order valence-corrected chi connectivity index (χ3v) is 6.91. The standard InChI is InChI=1S/C27H27ClN4O3/c1-3-31(4-2)13-17(33)14-32-15-21(19-11-16(28)9-10-23(19)32)25-24(26(34)30-27(25)35)20-12-29-22-8-6-5-7-18(20)22/h5-12,15,17,29,33H,3-4,13-14H2,1-2H3,(H,30,34,35). The summed E-state index contributed by atoms with van der Waals surface area (Å²) in [7, 11) is 0. The molecule has 35 heavy (non-hydrogen) atoms. The lowest BCUT2D eigenvalue weighted by atomic mass is 9.95. The maximum absolute atomic E-state index is 13.1. The minimum atomic E-state index is -0.602. The number of hydrogen-bond donors (Lipinski definition) is 3. The van der Waals surface area contributed by atoms with Gasteiger partial charge < -0.3 is 19.6 Å². The molecular formula is C27H27ClN4O3. The fourth-order valence-corrected chi connectivity index (χ4v) is 5.10. The van der Waals surface area contributed by atoms with E-state index in [-0.39, 0.29) is 0 Å². The molecule has 2 aromatic carbocycles. The Balaban J connectivity index is 1.67. The number of fused-ring (bicyclic) bond motifs is 2. The van der Waals surface area contributed by atoms with Crippen molar-refractivity contribution in [3.63, 3.8) is 0 Å². The summed E-state index contributed by atoms with van der Waals surface area (Å²) in [6.07, 6.45) is 3.00. The molecule has 1 unspecified atom stereocenters. The van der Waals surface area contributed by atoms with Crippen LogP contribution in [0.4, 0.5) is 0 Å². The van der Waals surface area contributed by atoms with Crippen LogP contribution in [0.25, 0.3) is 33.0 Å². The van der Waals surface area contributed by atoms with Crippen LogP contribution in [0.3, 0.4) is 0 Å². The summed E-state index contributed by atoms with van der Waals surface area (Å²) in [6, 6.07) is 13.1. The van der Waals surface area contributed by atoms with Crippen molar-refractivity contribution in [3.05, 3.63) is 71.0 Å². The van der Waals surface area contributed by atoms with Crippen LogP contribution in [-0.2, 0) is 16.1 Å². The molecule has 3 heterocycles. The molecule has 8 heteroatoms. The molecule has 2 amide bonds. The number of carbonyl (C=O) groups excluding carboxylic acids is 2. The van der Waals surface area contributed by atoms with Gasteiger partial charge in [0.15, 0.2) is 0 Å². The van der Waals surface area contributed by atoms with Crippen LogP contribution in [-0.4, -0.2) is 57.1 Å². The summed E-state index contributed by atoms with van der Waals surface area (Å²) in [5, 5.41) is 15.4. The maximum atomic E-state index is 13.1. The number of imide groups is 1. The van der Waals surface area contributed by atoms with Crippen LogP contribution in [0.2, 0.25) is 5.02 Å². The number of aliphatic hydroxyl groups is 1. The molecule has 0 saturated carbocycles. The fourth-order valence-electron chi connectivity index (χ4n) is 4.93. The highest BCUT2D eigenvalue weighted by atomic mass is 35.5. The summed E-state index contributed by atoms with van der Waals surface area (Å²) in [5.74, 6) is -0.878. The van der Waals surface area contributed by atoms with Gasteiger partial charge in [-0.2, -0.15) is 0 Å². The van der Waals surface area contributed by atoms with Crippen LogP contribution >= 0.6 is 11.6 Å². The Kier molecular flexibility index (Phi) is 6.23. The van der Waals surface area contributed by atoms with Crippen molar-refractivity contribution in [3.8, 4) is 0 Å². The van der Waals surface area contributed by atoms with E-state index in [1.165, 1.54) is 0 Å². The molecule has 1 aliphatic heterocycles. The van der Waals surface area contributed by atoms with Crippen molar-refractivity contribution < 1.29 is 14.7 Å². The number of likely N-dealkylation sites (N-methyl/N-ethyl adjacent to an activating group) is 1. The van der Waals surface area contributed by atoms with E-state index in [4.69, 9.17) is 11.6 Å². The molecule has 0 aliphatic carbocycles. The molecule has 5 rings (SSSR count). The largest absolute Gasteiger partial charge is 0.390 e. The van der Waals surface area contributed by atoms with Gasteiger partial charge in [-0.1, -0.05) is 43.6 Å². The van der Waals surface area contributed by atoms with E-state index < -0.39 is 17.9 Å². The highest BCUT2D eigenvalue weighted by Crippen LogP contribution is 2.39. The Hall–Kier alpha value is -3.39. The number of carbonyl (C=O) groups is 2. The lowest BCUT2D eigenvalue weighted by Crippen LogP contribution is -2.34. The van der Waals surface area contributed by atoms with Gasteiger partial charge in [0.1, 0.15) is 0 Å². The summed E-state index contributed by atoms with van der Waals surface area (Å²) >= 11 is 6.34. The molecule has 1 atom stereocenters. The molecule has 0 radical (unpaired) electrons. The fraction of sp³-hybridized carbons (Fsp3) is 0.259. The Bertz CT molecular complexity index is 1480. The first-order valence-electron chi connectivity index (χ1n) is 11.8. The van der Waals surface area contributed by atoms with E-state index in [0.717, 1.165) is 34.9 Å². The first-order valence-corrected chi connectivity index (χ1v) is 12.1.